The van der Waals surface area contributed by atoms with Crippen molar-refractivity contribution in [1.29, 1.82) is 0 Å². The lowest BCUT2D eigenvalue weighted by atomic mass is 10.0. The van der Waals surface area contributed by atoms with Crippen molar-refractivity contribution in [3.63, 3.8) is 0 Å². The molecule has 5 rings (SSSR count). The fourth-order valence-electron chi connectivity index (χ4n) is 4.92. The van der Waals surface area contributed by atoms with Crippen molar-refractivity contribution in [2.45, 2.75) is 66.0 Å². The molecule has 0 radical (unpaired) electrons. The molecular weight excluding hydrogens is 610 g/mol. The lowest BCUT2D eigenvalue weighted by Crippen LogP contribution is -2.27. The molecule has 0 atom stereocenters. The molecule has 3 aromatic carbocycles. The summed E-state index contributed by atoms with van der Waals surface area (Å²) < 4.78 is 23.2. The molecule has 1 aromatic heterocycles. The van der Waals surface area contributed by atoms with Crippen molar-refractivity contribution in [3.05, 3.63) is 114 Å². The summed E-state index contributed by atoms with van der Waals surface area (Å²) in [5, 5.41) is 2.75. The number of carbonyl (C=O) groups is 3. The van der Waals surface area contributed by atoms with Gasteiger partial charge in [0.1, 0.15) is 30.1 Å². The molecule has 0 spiro atoms. The number of ether oxygens (including phenoxy) is 4. The Morgan fingerprint density at radius 3 is 1.94 bits per heavy atom. The van der Waals surface area contributed by atoms with E-state index in [1.807, 2.05) is 60.7 Å². The zero-order valence-corrected chi connectivity index (χ0v) is 27.9. The SMILES string of the molecule is CC(C)(C)OC(=O)C=C1C(=O)N(c2ccc(OCc3ccccc3)nc2OCc2ccccc2)c2cccc(NC(=O)OC(C)(C)C)c21. The third-order valence-corrected chi connectivity index (χ3v) is 6.79. The third-order valence-electron chi connectivity index (χ3n) is 6.79. The van der Waals surface area contributed by atoms with Crippen LogP contribution in [0.1, 0.15) is 58.2 Å². The maximum atomic E-state index is 14.3. The van der Waals surface area contributed by atoms with Crippen molar-refractivity contribution >= 4 is 40.6 Å². The van der Waals surface area contributed by atoms with Crippen LogP contribution >= 0.6 is 0 Å². The number of rotatable bonds is 9. The van der Waals surface area contributed by atoms with Crippen LogP contribution in [-0.2, 0) is 32.3 Å². The first-order valence-electron chi connectivity index (χ1n) is 15.5. The van der Waals surface area contributed by atoms with Crippen LogP contribution in [0.3, 0.4) is 0 Å². The minimum Gasteiger partial charge on any atom is -0.473 e. The van der Waals surface area contributed by atoms with Crippen LogP contribution in [-0.4, -0.2) is 34.2 Å². The Morgan fingerprint density at radius 1 is 0.729 bits per heavy atom. The first-order valence-corrected chi connectivity index (χ1v) is 15.5. The minimum absolute atomic E-state index is 0.0179. The highest BCUT2D eigenvalue weighted by Crippen LogP contribution is 2.48. The highest BCUT2D eigenvalue weighted by molar-refractivity contribution is 6.38. The molecule has 0 bridgehead atoms. The lowest BCUT2D eigenvalue weighted by molar-refractivity contribution is -0.148. The summed E-state index contributed by atoms with van der Waals surface area (Å²) in [7, 11) is 0. The second-order valence-electron chi connectivity index (χ2n) is 13.1. The van der Waals surface area contributed by atoms with Gasteiger partial charge in [-0.25, -0.2) is 9.59 Å². The largest absolute Gasteiger partial charge is 0.473 e. The quantitative estimate of drug-likeness (QED) is 0.143. The van der Waals surface area contributed by atoms with Gasteiger partial charge in [-0.2, -0.15) is 4.98 Å². The van der Waals surface area contributed by atoms with Gasteiger partial charge < -0.3 is 18.9 Å². The van der Waals surface area contributed by atoms with Crippen molar-refractivity contribution < 1.29 is 33.3 Å². The van der Waals surface area contributed by atoms with Gasteiger partial charge in [-0.1, -0.05) is 66.7 Å². The van der Waals surface area contributed by atoms with Crippen LogP contribution in [0.5, 0.6) is 11.8 Å². The number of hydrogen-bond donors (Lipinski definition) is 1. The molecule has 0 unspecified atom stereocenters. The first kappa shape index (κ1) is 33.7. The Bertz CT molecular complexity index is 1820. The third kappa shape index (κ3) is 8.58. The van der Waals surface area contributed by atoms with E-state index in [0.717, 1.165) is 17.2 Å². The van der Waals surface area contributed by atoms with Crippen LogP contribution in [0, 0.1) is 0 Å². The molecule has 0 saturated carbocycles. The van der Waals surface area contributed by atoms with E-state index in [0.29, 0.717) is 22.8 Å². The number of fused-ring (bicyclic) bond motifs is 1. The molecule has 1 N–H and O–H groups in total. The van der Waals surface area contributed by atoms with Crippen LogP contribution < -0.4 is 19.7 Å². The number of amides is 2. The Hall–Kier alpha value is -5.64. The molecule has 2 heterocycles. The average molecular weight is 650 g/mol. The van der Waals surface area contributed by atoms with E-state index in [9.17, 15) is 14.4 Å². The molecule has 2 amide bonds. The van der Waals surface area contributed by atoms with Crippen molar-refractivity contribution in [1.82, 2.24) is 4.98 Å². The van der Waals surface area contributed by atoms with Gasteiger partial charge in [0.15, 0.2) is 0 Å². The van der Waals surface area contributed by atoms with E-state index < -0.39 is 29.2 Å². The molecule has 1 aliphatic heterocycles. The number of hydrogen-bond acceptors (Lipinski definition) is 8. The topological polar surface area (TPSA) is 116 Å². The van der Waals surface area contributed by atoms with Gasteiger partial charge in [0.2, 0.25) is 11.8 Å². The number of carbonyl (C=O) groups excluding carboxylic acids is 3. The van der Waals surface area contributed by atoms with E-state index in [-0.39, 0.29) is 30.4 Å². The van der Waals surface area contributed by atoms with Gasteiger partial charge in [0.05, 0.1) is 16.9 Å². The zero-order valence-electron chi connectivity index (χ0n) is 27.9. The second kappa shape index (κ2) is 14.0. The Morgan fingerprint density at radius 2 is 1.33 bits per heavy atom. The standard InChI is InChI=1S/C38H39N3O7/c1-37(2,3)47-32(42)22-27-33-28(39-36(44)48-38(4,5)6)18-13-19-29(33)41(35(27)43)30-20-21-31(45-23-25-14-9-7-10-15-25)40-34(30)46-24-26-16-11-8-12-17-26/h7-22H,23-24H2,1-6H3,(H,39,44). The number of aromatic nitrogens is 1. The predicted octanol–water partition coefficient (Wildman–Crippen LogP) is 7.99. The van der Waals surface area contributed by atoms with E-state index in [1.54, 1.807) is 71.9 Å². The molecule has 4 aromatic rings. The van der Waals surface area contributed by atoms with Crippen LogP contribution in [0.2, 0.25) is 0 Å². The number of benzene rings is 3. The molecular formula is C38H39N3O7. The molecule has 0 fully saturated rings. The van der Waals surface area contributed by atoms with Gasteiger partial charge in [-0.3, -0.25) is 15.0 Å². The van der Waals surface area contributed by atoms with E-state index in [2.05, 4.69) is 10.3 Å². The van der Waals surface area contributed by atoms with Gasteiger partial charge >= 0.3 is 12.1 Å². The Kier molecular flexibility index (Phi) is 9.84. The highest BCUT2D eigenvalue weighted by Gasteiger charge is 2.39. The van der Waals surface area contributed by atoms with Crippen molar-refractivity contribution in [2.75, 3.05) is 10.2 Å². The molecule has 248 valence electrons. The van der Waals surface area contributed by atoms with Crippen molar-refractivity contribution in [2.24, 2.45) is 0 Å². The number of nitrogens with zero attached hydrogens (tertiary/aromatic N) is 2. The molecule has 10 nitrogen and oxygen atoms in total. The van der Waals surface area contributed by atoms with Crippen molar-refractivity contribution in [3.8, 4) is 11.8 Å². The van der Waals surface area contributed by atoms with Crippen LogP contribution in [0.25, 0.3) is 5.57 Å². The maximum Gasteiger partial charge on any atom is 0.412 e. The smallest absolute Gasteiger partial charge is 0.412 e. The van der Waals surface area contributed by atoms with Crippen LogP contribution in [0.15, 0.2) is 97.1 Å². The number of nitrogens with one attached hydrogen (secondary N) is 1. The first-order chi connectivity index (χ1) is 22.8. The average Bonchev–Trinajstić information content (AvgIpc) is 3.29. The molecule has 10 heteroatoms. The summed E-state index contributed by atoms with van der Waals surface area (Å²) in [6.07, 6.45) is 0.425. The highest BCUT2D eigenvalue weighted by atomic mass is 16.6. The Labute approximate surface area is 280 Å². The summed E-state index contributed by atoms with van der Waals surface area (Å²) in [5.41, 5.74) is 1.60. The maximum absolute atomic E-state index is 14.3. The fourth-order valence-corrected chi connectivity index (χ4v) is 4.92. The summed E-state index contributed by atoms with van der Waals surface area (Å²) >= 11 is 0. The van der Waals surface area contributed by atoms with Gasteiger partial charge in [-0.15, -0.1) is 0 Å². The monoisotopic (exact) mass is 649 g/mol. The van der Waals surface area contributed by atoms with Gasteiger partial charge in [0, 0.05) is 17.7 Å². The predicted molar refractivity (Wildman–Crippen MR) is 183 cm³/mol. The van der Waals surface area contributed by atoms with E-state index in [1.165, 1.54) is 4.90 Å². The zero-order chi connectivity index (χ0) is 34.5. The van der Waals surface area contributed by atoms with E-state index in [4.69, 9.17) is 18.9 Å². The molecule has 0 aliphatic carbocycles. The lowest BCUT2D eigenvalue weighted by Gasteiger charge is -2.22. The number of pyridine rings is 1. The second-order valence-corrected chi connectivity index (χ2v) is 13.1. The molecule has 0 saturated heterocycles. The van der Waals surface area contributed by atoms with Gasteiger partial charge in [0.25, 0.3) is 5.91 Å². The summed E-state index contributed by atoms with van der Waals surface area (Å²) in [4.78, 5) is 46.3. The number of esters is 1. The summed E-state index contributed by atoms with van der Waals surface area (Å²) in [5.74, 6) is -0.831. The molecule has 1 aliphatic rings. The molecule has 48 heavy (non-hydrogen) atoms. The van der Waals surface area contributed by atoms with Gasteiger partial charge in [-0.05, 0) is 70.9 Å². The van der Waals surface area contributed by atoms with E-state index >= 15 is 0 Å². The van der Waals surface area contributed by atoms with Crippen LogP contribution in [0.4, 0.5) is 21.9 Å². The summed E-state index contributed by atoms with van der Waals surface area (Å²) in [6, 6.07) is 27.6. The number of anilines is 3. The Balaban J connectivity index is 1.58. The fraction of sp³-hybridized carbons (Fsp3) is 0.263. The minimum atomic E-state index is -0.801. The summed E-state index contributed by atoms with van der Waals surface area (Å²) in [6.45, 7) is 10.9. The normalized spacial score (nSPS) is 13.6.